The van der Waals surface area contributed by atoms with Crippen LogP contribution in [0.5, 0.6) is 0 Å². The van der Waals surface area contributed by atoms with Gasteiger partial charge in [-0.05, 0) is 59.1 Å². The van der Waals surface area contributed by atoms with E-state index in [9.17, 15) is 4.79 Å². The fourth-order valence-corrected chi connectivity index (χ4v) is 2.90. The Bertz CT molecular complexity index is 561. The van der Waals surface area contributed by atoms with Gasteiger partial charge in [0.15, 0.2) is 0 Å². The fourth-order valence-electron chi connectivity index (χ4n) is 2.90. The number of carbonyl (C=O) groups excluding carboxylic acids is 1. The average molecular weight is 318 g/mol. The smallest absolute Gasteiger partial charge is 0.229 e. The lowest BCUT2D eigenvalue weighted by atomic mass is 9.85. The minimum Gasteiger partial charge on any atom is -0.355 e. The summed E-state index contributed by atoms with van der Waals surface area (Å²) in [7, 11) is 0. The Morgan fingerprint density at radius 1 is 1.57 bits per heavy atom. The first-order valence-electron chi connectivity index (χ1n) is 8.46. The number of carbonyl (C=O) groups is 1. The summed E-state index contributed by atoms with van der Waals surface area (Å²) in [5, 5.41) is 10.4. The van der Waals surface area contributed by atoms with Crippen molar-refractivity contribution in [3.05, 3.63) is 29.6 Å². The molecule has 2 heterocycles. The van der Waals surface area contributed by atoms with Crippen molar-refractivity contribution in [1.82, 2.24) is 20.4 Å². The van der Waals surface area contributed by atoms with E-state index in [4.69, 9.17) is 0 Å². The minimum absolute atomic E-state index is 0.0741. The van der Waals surface area contributed by atoms with Crippen LogP contribution in [0.1, 0.15) is 45.0 Å². The number of aryl methyl sites for hydroxylation is 1. The van der Waals surface area contributed by atoms with Crippen molar-refractivity contribution in [2.45, 2.75) is 47.1 Å². The number of amides is 1. The highest BCUT2D eigenvalue weighted by atomic mass is 16.2. The van der Waals surface area contributed by atoms with Gasteiger partial charge in [0.05, 0.1) is 11.1 Å². The van der Waals surface area contributed by atoms with E-state index in [2.05, 4.69) is 33.1 Å². The van der Waals surface area contributed by atoms with Crippen molar-refractivity contribution >= 4 is 5.91 Å². The Hall–Kier alpha value is -1.62. The second kappa shape index (κ2) is 7.30. The first-order chi connectivity index (χ1) is 10.8. The van der Waals surface area contributed by atoms with E-state index in [0.717, 1.165) is 43.1 Å². The van der Waals surface area contributed by atoms with E-state index in [1.807, 2.05) is 27.7 Å². The Balaban J connectivity index is 1.82. The van der Waals surface area contributed by atoms with Gasteiger partial charge in [-0.25, -0.2) is 0 Å². The summed E-state index contributed by atoms with van der Waals surface area (Å²) in [6.07, 6.45) is 2.34. The fraction of sp³-hybridized carbons (Fsp3) is 0.667. The highest BCUT2D eigenvalue weighted by Crippen LogP contribution is 2.25. The molecule has 2 rings (SSSR count). The predicted molar refractivity (Wildman–Crippen MR) is 92.9 cm³/mol. The van der Waals surface area contributed by atoms with Crippen molar-refractivity contribution in [2.24, 2.45) is 11.3 Å². The molecule has 0 radical (unpaired) electrons. The van der Waals surface area contributed by atoms with Gasteiger partial charge in [-0.3, -0.25) is 14.8 Å². The lowest BCUT2D eigenvalue weighted by Crippen LogP contribution is -2.44. The summed E-state index contributed by atoms with van der Waals surface area (Å²) < 4.78 is 0. The van der Waals surface area contributed by atoms with Gasteiger partial charge >= 0.3 is 0 Å². The van der Waals surface area contributed by atoms with Gasteiger partial charge in [0.25, 0.3) is 0 Å². The topological polar surface area (TPSA) is 61.0 Å². The van der Waals surface area contributed by atoms with Crippen molar-refractivity contribution in [2.75, 3.05) is 19.6 Å². The molecule has 0 aromatic carbocycles. The standard InChI is InChI=1S/C18H30N4O/c1-13(2)18(4,5)17(23)19-10-15-7-6-8-22(11-15)12-16-9-14(3)20-21-16/h9,15H,1,6-8,10-12H2,2-5H3,(H,19,23)(H,20,21). The van der Waals surface area contributed by atoms with Crippen LogP contribution < -0.4 is 5.32 Å². The number of hydrogen-bond acceptors (Lipinski definition) is 3. The summed E-state index contributed by atoms with van der Waals surface area (Å²) in [6.45, 7) is 15.5. The molecule has 1 fully saturated rings. The number of aromatic nitrogens is 2. The molecule has 0 bridgehead atoms. The number of hydrogen-bond donors (Lipinski definition) is 2. The number of rotatable bonds is 6. The molecule has 128 valence electrons. The van der Waals surface area contributed by atoms with E-state index >= 15 is 0 Å². The third-order valence-corrected chi connectivity index (χ3v) is 4.93. The minimum atomic E-state index is -0.499. The van der Waals surface area contributed by atoms with Crippen LogP contribution in [0.15, 0.2) is 18.2 Å². The molecule has 0 saturated carbocycles. The van der Waals surface area contributed by atoms with Crippen molar-refractivity contribution in [1.29, 1.82) is 0 Å². The summed E-state index contributed by atoms with van der Waals surface area (Å²) in [5.41, 5.74) is 2.59. The van der Waals surface area contributed by atoms with Crippen LogP contribution in [-0.2, 0) is 11.3 Å². The van der Waals surface area contributed by atoms with E-state index in [0.29, 0.717) is 5.92 Å². The van der Waals surface area contributed by atoms with Crippen LogP contribution in [0.4, 0.5) is 0 Å². The zero-order valence-electron chi connectivity index (χ0n) is 14.9. The maximum atomic E-state index is 12.3. The summed E-state index contributed by atoms with van der Waals surface area (Å²) in [6, 6.07) is 2.10. The van der Waals surface area contributed by atoms with E-state index in [1.54, 1.807) is 0 Å². The van der Waals surface area contributed by atoms with Gasteiger partial charge < -0.3 is 5.32 Å². The number of nitrogens with one attached hydrogen (secondary N) is 2. The van der Waals surface area contributed by atoms with E-state index in [-0.39, 0.29) is 5.91 Å². The number of aromatic amines is 1. The second-order valence-electron chi connectivity index (χ2n) is 7.40. The number of likely N-dealkylation sites (tertiary alicyclic amines) is 1. The molecule has 1 aliphatic heterocycles. The Kier molecular flexibility index (Phi) is 5.63. The molecule has 1 saturated heterocycles. The quantitative estimate of drug-likeness (QED) is 0.793. The number of piperidine rings is 1. The largest absolute Gasteiger partial charge is 0.355 e. The van der Waals surface area contributed by atoms with Gasteiger partial charge in [-0.15, -0.1) is 0 Å². The predicted octanol–water partition coefficient (Wildman–Crippen LogP) is 2.65. The Labute approximate surface area is 139 Å². The normalized spacial score (nSPS) is 19.6. The molecule has 1 aliphatic rings. The third-order valence-electron chi connectivity index (χ3n) is 4.93. The van der Waals surface area contributed by atoms with Gasteiger partial charge in [0, 0.05) is 25.3 Å². The van der Waals surface area contributed by atoms with E-state index in [1.165, 1.54) is 12.8 Å². The Morgan fingerprint density at radius 3 is 2.91 bits per heavy atom. The molecule has 0 spiro atoms. The van der Waals surface area contributed by atoms with Crippen molar-refractivity contribution in [3.8, 4) is 0 Å². The molecule has 1 amide bonds. The first kappa shape index (κ1) is 17.7. The molecule has 1 aromatic rings. The summed E-state index contributed by atoms with van der Waals surface area (Å²) in [4.78, 5) is 14.8. The first-order valence-corrected chi connectivity index (χ1v) is 8.46. The number of nitrogens with zero attached hydrogens (tertiary/aromatic N) is 2. The molecule has 2 N–H and O–H groups in total. The molecule has 5 nitrogen and oxygen atoms in total. The Morgan fingerprint density at radius 2 is 2.30 bits per heavy atom. The van der Waals surface area contributed by atoms with Gasteiger partial charge in [-0.1, -0.05) is 12.2 Å². The third kappa shape index (κ3) is 4.67. The zero-order chi connectivity index (χ0) is 17.0. The highest BCUT2D eigenvalue weighted by molar-refractivity contribution is 5.84. The van der Waals surface area contributed by atoms with Crippen LogP contribution in [0.3, 0.4) is 0 Å². The van der Waals surface area contributed by atoms with Crippen LogP contribution in [0.2, 0.25) is 0 Å². The SMILES string of the molecule is C=C(C)C(C)(C)C(=O)NCC1CCCN(Cc2cc(C)[nH]n2)C1. The monoisotopic (exact) mass is 318 g/mol. The average Bonchev–Trinajstić information content (AvgIpc) is 2.90. The molecule has 1 aromatic heterocycles. The second-order valence-corrected chi connectivity index (χ2v) is 7.40. The number of H-pyrrole nitrogens is 1. The van der Waals surface area contributed by atoms with Crippen molar-refractivity contribution < 1.29 is 4.79 Å². The molecule has 5 heteroatoms. The molecule has 1 atom stereocenters. The van der Waals surface area contributed by atoms with Crippen LogP contribution in [0.25, 0.3) is 0 Å². The maximum Gasteiger partial charge on any atom is 0.229 e. The van der Waals surface area contributed by atoms with Crippen LogP contribution >= 0.6 is 0 Å². The summed E-state index contributed by atoms with van der Waals surface area (Å²) >= 11 is 0. The van der Waals surface area contributed by atoms with E-state index < -0.39 is 5.41 Å². The maximum absolute atomic E-state index is 12.3. The highest BCUT2D eigenvalue weighted by Gasteiger charge is 2.29. The molecular formula is C18H30N4O. The van der Waals surface area contributed by atoms with Crippen LogP contribution in [0, 0.1) is 18.3 Å². The van der Waals surface area contributed by atoms with Crippen molar-refractivity contribution in [3.63, 3.8) is 0 Å². The van der Waals surface area contributed by atoms with Gasteiger partial charge in [0.2, 0.25) is 5.91 Å². The molecule has 1 unspecified atom stereocenters. The van der Waals surface area contributed by atoms with Gasteiger partial charge in [0.1, 0.15) is 0 Å². The summed E-state index contributed by atoms with van der Waals surface area (Å²) in [5.74, 6) is 0.582. The molecule has 23 heavy (non-hydrogen) atoms. The lowest BCUT2D eigenvalue weighted by molar-refractivity contribution is -0.127. The lowest BCUT2D eigenvalue weighted by Gasteiger charge is -2.33. The molecule has 0 aliphatic carbocycles. The van der Waals surface area contributed by atoms with Gasteiger partial charge in [-0.2, -0.15) is 5.10 Å². The zero-order valence-corrected chi connectivity index (χ0v) is 14.9. The van der Waals surface area contributed by atoms with Crippen LogP contribution in [-0.4, -0.2) is 40.6 Å². The molecular weight excluding hydrogens is 288 g/mol.